The van der Waals surface area contributed by atoms with E-state index in [9.17, 15) is 0 Å². The fourth-order valence-electron chi connectivity index (χ4n) is 3.72. The summed E-state index contributed by atoms with van der Waals surface area (Å²) in [6.45, 7) is 7.50. The summed E-state index contributed by atoms with van der Waals surface area (Å²) in [5.74, 6) is 1.61. The van der Waals surface area contributed by atoms with Gasteiger partial charge in [-0.15, -0.1) is 0 Å². The van der Waals surface area contributed by atoms with Gasteiger partial charge in [0.2, 0.25) is 0 Å². The van der Waals surface area contributed by atoms with Crippen LogP contribution >= 0.6 is 0 Å². The SMILES string of the molecule is CCOC1CCCN(CC2CCCCC2CN)C1. The lowest BCUT2D eigenvalue weighted by Gasteiger charge is -2.38. The van der Waals surface area contributed by atoms with Crippen LogP contribution in [0.1, 0.15) is 45.4 Å². The number of hydrogen-bond acceptors (Lipinski definition) is 3. The molecule has 3 atom stereocenters. The van der Waals surface area contributed by atoms with Gasteiger partial charge in [-0.25, -0.2) is 0 Å². The minimum absolute atomic E-state index is 0.476. The Morgan fingerprint density at radius 3 is 2.61 bits per heavy atom. The Kier molecular flexibility index (Phi) is 5.93. The van der Waals surface area contributed by atoms with Crippen molar-refractivity contribution in [3.05, 3.63) is 0 Å². The molecule has 1 aliphatic carbocycles. The predicted molar refractivity (Wildman–Crippen MR) is 75.6 cm³/mol. The molecule has 1 heterocycles. The highest BCUT2D eigenvalue weighted by molar-refractivity contribution is 4.81. The van der Waals surface area contributed by atoms with Gasteiger partial charge in [-0.3, -0.25) is 0 Å². The van der Waals surface area contributed by atoms with E-state index in [0.717, 1.165) is 31.5 Å². The fraction of sp³-hybridized carbons (Fsp3) is 1.00. The van der Waals surface area contributed by atoms with Crippen molar-refractivity contribution >= 4 is 0 Å². The smallest absolute Gasteiger partial charge is 0.0702 e. The first kappa shape index (κ1) is 14.3. The van der Waals surface area contributed by atoms with Crippen molar-refractivity contribution in [1.82, 2.24) is 4.90 Å². The van der Waals surface area contributed by atoms with Gasteiger partial charge >= 0.3 is 0 Å². The van der Waals surface area contributed by atoms with Crippen LogP contribution in [0, 0.1) is 11.8 Å². The van der Waals surface area contributed by atoms with Crippen molar-refractivity contribution in [2.24, 2.45) is 17.6 Å². The molecule has 1 saturated carbocycles. The third-order valence-corrected chi connectivity index (χ3v) is 4.73. The van der Waals surface area contributed by atoms with E-state index in [-0.39, 0.29) is 0 Å². The highest BCUT2D eigenvalue weighted by Crippen LogP contribution is 2.30. The van der Waals surface area contributed by atoms with Crippen molar-refractivity contribution in [2.75, 3.05) is 32.8 Å². The van der Waals surface area contributed by atoms with Crippen LogP contribution in [0.3, 0.4) is 0 Å². The minimum Gasteiger partial charge on any atom is -0.377 e. The molecule has 0 radical (unpaired) electrons. The number of rotatable bonds is 5. The molecular formula is C15H30N2O. The molecule has 2 aliphatic rings. The van der Waals surface area contributed by atoms with E-state index >= 15 is 0 Å². The number of ether oxygens (including phenoxy) is 1. The summed E-state index contributed by atoms with van der Waals surface area (Å²) in [5.41, 5.74) is 5.93. The Hall–Kier alpha value is -0.120. The maximum Gasteiger partial charge on any atom is 0.0702 e. The number of piperidine rings is 1. The van der Waals surface area contributed by atoms with Crippen LogP contribution < -0.4 is 5.73 Å². The van der Waals surface area contributed by atoms with E-state index in [1.54, 1.807) is 0 Å². The van der Waals surface area contributed by atoms with Crippen LogP contribution in [0.2, 0.25) is 0 Å². The van der Waals surface area contributed by atoms with Crippen LogP contribution in [0.5, 0.6) is 0 Å². The molecule has 0 aromatic heterocycles. The molecule has 3 unspecified atom stereocenters. The molecule has 0 spiro atoms. The van der Waals surface area contributed by atoms with Gasteiger partial charge < -0.3 is 15.4 Å². The number of hydrogen-bond donors (Lipinski definition) is 1. The van der Waals surface area contributed by atoms with Crippen molar-refractivity contribution < 1.29 is 4.74 Å². The molecule has 0 aromatic carbocycles. The summed E-state index contributed by atoms with van der Waals surface area (Å²) in [6, 6.07) is 0. The second-order valence-corrected chi connectivity index (χ2v) is 6.02. The third-order valence-electron chi connectivity index (χ3n) is 4.73. The summed E-state index contributed by atoms with van der Waals surface area (Å²) >= 11 is 0. The van der Waals surface area contributed by atoms with Gasteiger partial charge in [0.15, 0.2) is 0 Å². The van der Waals surface area contributed by atoms with Crippen LogP contribution in [-0.4, -0.2) is 43.8 Å². The summed E-state index contributed by atoms with van der Waals surface area (Å²) < 4.78 is 5.79. The molecule has 3 heteroatoms. The molecule has 0 amide bonds. The molecule has 2 N–H and O–H groups in total. The van der Waals surface area contributed by atoms with Crippen LogP contribution in [-0.2, 0) is 4.74 Å². The maximum absolute atomic E-state index is 5.93. The summed E-state index contributed by atoms with van der Waals surface area (Å²) in [6.07, 6.45) is 8.55. The summed E-state index contributed by atoms with van der Waals surface area (Å²) in [4.78, 5) is 2.63. The van der Waals surface area contributed by atoms with Gasteiger partial charge in [-0.05, 0) is 57.5 Å². The molecule has 0 bridgehead atoms. The van der Waals surface area contributed by atoms with E-state index in [4.69, 9.17) is 10.5 Å². The van der Waals surface area contributed by atoms with E-state index in [1.165, 1.54) is 51.6 Å². The molecule has 2 fully saturated rings. The van der Waals surface area contributed by atoms with E-state index < -0.39 is 0 Å². The van der Waals surface area contributed by atoms with Gasteiger partial charge in [-0.1, -0.05) is 12.8 Å². The molecular weight excluding hydrogens is 224 g/mol. The first-order chi connectivity index (χ1) is 8.83. The van der Waals surface area contributed by atoms with Crippen molar-refractivity contribution in [1.29, 1.82) is 0 Å². The number of nitrogens with zero attached hydrogens (tertiary/aromatic N) is 1. The predicted octanol–water partition coefficient (Wildman–Crippen LogP) is 2.25. The first-order valence-corrected chi connectivity index (χ1v) is 7.87. The van der Waals surface area contributed by atoms with E-state index in [0.29, 0.717) is 6.10 Å². The zero-order chi connectivity index (χ0) is 12.8. The Balaban J connectivity index is 1.80. The average molecular weight is 254 g/mol. The number of nitrogens with two attached hydrogens (primary N) is 1. The van der Waals surface area contributed by atoms with Gasteiger partial charge in [0.1, 0.15) is 0 Å². The monoisotopic (exact) mass is 254 g/mol. The molecule has 3 nitrogen and oxygen atoms in total. The standard InChI is InChI=1S/C15H30N2O/c1-2-18-15-8-5-9-17(12-15)11-14-7-4-3-6-13(14)10-16/h13-15H,2-12,16H2,1H3. The Morgan fingerprint density at radius 2 is 1.89 bits per heavy atom. The Labute approximate surface area is 112 Å². The number of likely N-dealkylation sites (tertiary alicyclic amines) is 1. The van der Waals surface area contributed by atoms with Crippen molar-refractivity contribution in [3.63, 3.8) is 0 Å². The molecule has 1 saturated heterocycles. The van der Waals surface area contributed by atoms with Crippen LogP contribution in [0.15, 0.2) is 0 Å². The summed E-state index contributed by atoms with van der Waals surface area (Å²) in [7, 11) is 0. The van der Waals surface area contributed by atoms with Crippen molar-refractivity contribution in [2.45, 2.75) is 51.6 Å². The molecule has 106 valence electrons. The lowest BCUT2D eigenvalue weighted by molar-refractivity contribution is -0.00285. The second-order valence-electron chi connectivity index (χ2n) is 6.02. The van der Waals surface area contributed by atoms with Gasteiger partial charge in [0.25, 0.3) is 0 Å². The minimum atomic E-state index is 0.476. The summed E-state index contributed by atoms with van der Waals surface area (Å²) in [5, 5.41) is 0. The third kappa shape index (κ3) is 3.94. The van der Waals surface area contributed by atoms with Crippen LogP contribution in [0.4, 0.5) is 0 Å². The maximum atomic E-state index is 5.93. The lowest BCUT2D eigenvalue weighted by atomic mass is 9.79. The van der Waals surface area contributed by atoms with Gasteiger partial charge in [0, 0.05) is 19.7 Å². The highest BCUT2D eigenvalue weighted by Gasteiger charge is 2.28. The topological polar surface area (TPSA) is 38.5 Å². The molecule has 2 rings (SSSR count). The zero-order valence-electron chi connectivity index (χ0n) is 11.9. The van der Waals surface area contributed by atoms with E-state index in [2.05, 4.69) is 11.8 Å². The lowest BCUT2D eigenvalue weighted by Crippen LogP contribution is -2.44. The highest BCUT2D eigenvalue weighted by atomic mass is 16.5. The Morgan fingerprint density at radius 1 is 1.11 bits per heavy atom. The van der Waals surface area contributed by atoms with Gasteiger partial charge in [-0.2, -0.15) is 0 Å². The average Bonchev–Trinajstić information content (AvgIpc) is 2.40. The van der Waals surface area contributed by atoms with Gasteiger partial charge in [0.05, 0.1) is 6.10 Å². The normalized spacial score (nSPS) is 34.7. The zero-order valence-corrected chi connectivity index (χ0v) is 11.9. The quantitative estimate of drug-likeness (QED) is 0.818. The molecule has 18 heavy (non-hydrogen) atoms. The second kappa shape index (κ2) is 7.46. The largest absolute Gasteiger partial charge is 0.377 e. The molecule has 1 aliphatic heterocycles. The Bertz CT molecular complexity index is 233. The first-order valence-electron chi connectivity index (χ1n) is 7.87. The van der Waals surface area contributed by atoms with Crippen molar-refractivity contribution in [3.8, 4) is 0 Å². The molecule has 0 aromatic rings. The fourth-order valence-corrected chi connectivity index (χ4v) is 3.72. The van der Waals surface area contributed by atoms with Crippen LogP contribution in [0.25, 0.3) is 0 Å². The van der Waals surface area contributed by atoms with E-state index in [1.807, 2.05) is 0 Å².